The fourth-order valence-corrected chi connectivity index (χ4v) is 4.60. The zero-order valence-corrected chi connectivity index (χ0v) is 18.4. The number of rotatable bonds is 10. The molecule has 7 nitrogen and oxygen atoms in total. The summed E-state index contributed by atoms with van der Waals surface area (Å²) in [6.07, 6.45) is 3.23. The summed E-state index contributed by atoms with van der Waals surface area (Å²) < 4.78 is 16.8. The summed E-state index contributed by atoms with van der Waals surface area (Å²) in [5.74, 6) is 1.52. The summed E-state index contributed by atoms with van der Waals surface area (Å²) in [6.45, 7) is 8.66. The molecular weight excluding hydrogens is 388 g/mol. The molecule has 1 atom stereocenters. The number of guanidine groups is 1. The Kier molecular flexibility index (Phi) is 10.2. The van der Waals surface area contributed by atoms with E-state index < -0.39 is 0 Å². The smallest absolute Gasteiger partial charge is 0.191 e. The van der Waals surface area contributed by atoms with Crippen LogP contribution in [0.1, 0.15) is 30.2 Å². The van der Waals surface area contributed by atoms with E-state index in [2.05, 4.69) is 38.0 Å². The topological polar surface area (TPSA) is 67.4 Å². The molecule has 8 heteroatoms. The number of morpholine rings is 1. The molecule has 1 aromatic rings. The minimum absolute atomic E-state index is 0.347. The molecule has 2 fully saturated rings. The molecule has 29 heavy (non-hydrogen) atoms. The van der Waals surface area contributed by atoms with Crippen LogP contribution in [0.2, 0.25) is 0 Å². The molecule has 3 heterocycles. The molecule has 1 unspecified atom stereocenters. The standard InChI is InChI=1S/C21H36N4O3S/c1-22-21(23-7-3-10-28-17-18-5-11-26-12-6-18)24-16-19(20-4-2-15-29-20)25-8-13-27-14-9-25/h2,4,15,18-19H,3,5-14,16-17H2,1H3,(H2,22,23,24). The normalized spacial score (nSPS) is 20.5. The van der Waals surface area contributed by atoms with E-state index in [1.165, 1.54) is 4.88 Å². The maximum atomic E-state index is 5.84. The summed E-state index contributed by atoms with van der Waals surface area (Å²) in [5, 5.41) is 9.07. The fraction of sp³-hybridized carbons (Fsp3) is 0.762. The van der Waals surface area contributed by atoms with Gasteiger partial charge in [-0.15, -0.1) is 11.3 Å². The number of nitrogens with one attached hydrogen (secondary N) is 2. The second-order valence-corrected chi connectivity index (χ2v) is 8.52. The van der Waals surface area contributed by atoms with Crippen LogP contribution in [0.25, 0.3) is 0 Å². The van der Waals surface area contributed by atoms with Gasteiger partial charge in [-0.05, 0) is 36.6 Å². The highest BCUT2D eigenvalue weighted by atomic mass is 32.1. The fourth-order valence-electron chi connectivity index (χ4n) is 3.74. The maximum absolute atomic E-state index is 5.84. The van der Waals surface area contributed by atoms with Gasteiger partial charge in [-0.3, -0.25) is 9.89 Å². The molecule has 0 radical (unpaired) electrons. The highest BCUT2D eigenvalue weighted by Gasteiger charge is 2.23. The van der Waals surface area contributed by atoms with Gasteiger partial charge in [-0.25, -0.2) is 0 Å². The molecule has 0 aromatic carbocycles. The van der Waals surface area contributed by atoms with Crippen LogP contribution in [0.15, 0.2) is 22.5 Å². The van der Waals surface area contributed by atoms with Crippen molar-refractivity contribution in [1.29, 1.82) is 0 Å². The van der Waals surface area contributed by atoms with Gasteiger partial charge in [0, 0.05) is 64.5 Å². The number of aliphatic imine (C=N–C) groups is 1. The van der Waals surface area contributed by atoms with E-state index >= 15 is 0 Å². The predicted octanol–water partition coefficient (Wildman–Crippen LogP) is 2.12. The van der Waals surface area contributed by atoms with Gasteiger partial charge in [0.1, 0.15) is 0 Å². The third kappa shape index (κ3) is 7.86. The Hall–Kier alpha value is -1.19. The molecule has 2 N–H and O–H groups in total. The van der Waals surface area contributed by atoms with Crippen LogP contribution in [-0.2, 0) is 14.2 Å². The van der Waals surface area contributed by atoms with Crippen molar-refractivity contribution in [2.75, 3.05) is 72.9 Å². The number of ether oxygens (including phenoxy) is 3. The molecular formula is C21H36N4O3S. The zero-order valence-electron chi connectivity index (χ0n) is 17.6. The molecule has 2 aliphatic rings. The number of hydrogen-bond acceptors (Lipinski definition) is 6. The Morgan fingerprint density at radius 2 is 2.03 bits per heavy atom. The van der Waals surface area contributed by atoms with Gasteiger partial charge >= 0.3 is 0 Å². The van der Waals surface area contributed by atoms with E-state index in [1.54, 1.807) is 0 Å². The first-order valence-corrected chi connectivity index (χ1v) is 11.7. The Morgan fingerprint density at radius 1 is 1.24 bits per heavy atom. The van der Waals surface area contributed by atoms with Gasteiger partial charge in [-0.1, -0.05) is 6.07 Å². The average Bonchev–Trinajstić information content (AvgIpc) is 3.31. The third-order valence-electron chi connectivity index (χ3n) is 5.50. The largest absolute Gasteiger partial charge is 0.381 e. The summed E-state index contributed by atoms with van der Waals surface area (Å²) >= 11 is 1.82. The van der Waals surface area contributed by atoms with Gasteiger partial charge in [0.25, 0.3) is 0 Å². The van der Waals surface area contributed by atoms with Crippen molar-refractivity contribution >= 4 is 17.3 Å². The van der Waals surface area contributed by atoms with E-state index in [-0.39, 0.29) is 0 Å². The second kappa shape index (κ2) is 13.2. The number of nitrogens with zero attached hydrogens (tertiary/aromatic N) is 2. The van der Waals surface area contributed by atoms with Crippen molar-refractivity contribution in [3.8, 4) is 0 Å². The Labute approximate surface area is 178 Å². The molecule has 0 spiro atoms. The predicted molar refractivity (Wildman–Crippen MR) is 118 cm³/mol. The number of thiophene rings is 1. The van der Waals surface area contributed by atoms with Crippen molar-refractivity contribution in [2.45, 2.75) is 25.3 Å². The molecule has 164 valence electrons. The van der Waals surface area contributed by atoms with E-state index in [4.69, 9.17) is 14.2 Å². The monoisotopic (exact) mass is 424 g/mol. The van der Waals surface area contributed by atoms with E-state index in [9.17, 15) is 0 Å². The van der Waals surface area contributed by atoms with Crippen LogP contribution in [0.4, 0.5) is 0 Å². The molecule has 2 aliphatic heterocycles. The summed E-state index contributed by atoms with van der Waals surface area (Å²) in [4.78, 5) is 8.26. The van der Waals surface area contributed by atoms with Gasteiger partial charge in [0.15, 0.2) is 5.96 Å². The summed E-state index contributed by atoms with van der Waals surface area (Å²) in [5.41, 5.74) is 0. The first kappa shape index (κ1) is 22.5. The molecule has 0 bridgehead atoms. The van der Waals surface area contributed by atoms with E-state index in [0.717, 1.165) is 91.0 Å². The summed E-state index contributed by atoms with van der Waals surface area (Å²) in [6, 6.07) is 4.69. The number of hydrogen-bond donors (Lipinski definition) is 2. The van der Waals surface area contributed by atoms with Crippen LogP contribution < -0.4 is 10.6 Å². The zero-order chi connectivity index (χ0) is 20.2. The lowest BCUT2D eigenvalue weighted by Gasteiger charge is -2.34. The Bertz CT molecular complexity index is 572. The van der Waals surface area contributed by atoms with Crippen molar-refractivity contribution in [3.63, 3.8) is 0 Å². The van der Waals surface area contributed by atoms with Gasteiger partial charge in [0.05, 0.1) is 19.3 Å². The van der Waals surface area contributed by atoms with Crippen molar-refractivity contribution < 1.29 is 14.2 Å². The SMILES string of the molecule is CN=C(NCCCOCC1CCOCC1)NCC(c1cccs1)N1CCOCC1. The second-order valence-electron chi connectivity index (χ2n) is 7.54. The molecule has 1 aromatic heterocycles. The Morgan fingerprint density at radius 3 is 2.76 bits per heavy atom. The van der Waals surface area contributed by atoms with Crippen molar-refractivity contribution in [1.82, 2.24) is 15.5 Å². The lowest BCUT2D eigenvalue weighted by molar-refractivity contribution is 0.0176. The van der Waals surface area contributed by atoms with Crippen LogP contribution >= 0.6 is 11.3 Å². The Balaban J connectivity index is 1.34. The average molecular weight is 425 g/mol. The first-order chi connectivity index (χ1) is 14.4. The van der Waals surface area contributed by atoms with Crippen molar-refractivity contribution in [2.24, 2.45) is 10.9 Å². The van der Waals surface area contributed by atoms with Gasteiger partial charge < -0.3 is 24.8 Å². The molecule has 3 rings (SSSR count). The third-order valence-corrected chi connectivity index (χ3v) is 6.47. The molecule has 2 saturated heterocycles. The first-order valence-electron chi connectivity index (χ1n) is 10.8. The molecule has 0 aliphatic carbocycles. The highest BCUT2D eigenvalue weighted by Crippen LogP contribution is 2.25. The maximum Gasteiger partial charge on any atom is 0.191 e. The van der Waals surface area contributed by atoms with Crippen LogP contribution in [0, 0.1) is 5.92 Å². The lowest BCUT2D eigenvalue weighted by Crippen LogP contribution is -2.46. The van der Waals surface area contributed by atoms with Crippen LogP contribution in [-0.4, -0.2) is 83.7 Å². The van der Waals surface area contributed by atoms with E-state index in [1.807, 2.05) is 18.4 Å². The molecule has 0 amide bonds. The van der Waals surface area contributed by atoms with Crippen LogP contribution in [0.5, 0.6) is 0 Å². The highest BCUT2D eigenvalue weighted by molar-refractivity contribution is 7.10. The van der Waals surface area contributed by atoms with Gasteiger partial charge in [0.2, 0.25) is 0 Å². The lowest BCUT2D eigenvalue weighted by atomic mass is 10.0. The minimum atomic E-state index is 0.347. The molecule has 0 saturated carbocycles. The summed E-state index contributed by atoms with van der Waals surface area (Å²) in [7, 11) is 1.83. The van der Waals surface area contributed by atoms with Crippen LogP contribution in [0.3, 0.4) is 0 Å². The van der Waals surface area contributed by atoms with Crippen molar-refractivity contribution in [3.05, 3.63) is 22.4 Å². The van der Waals surface area contributed by atoms with E-state index in [0.29, 0.717) is 12.0 Å². The quantitative estimate of drug-likeness (QED) is 0.341. The minimum Gasteiger partial charge on any atom is -0.381 e. The van der Waals surface area contributed by atoms with Gasteiger partial charge in [-0.2, -0.15) is 0 Å².